The fourth-order valence-corrected chi connectivity index (χ4v) is 3.31. The summed E-state index contributed by atoms with van der Waals surface area (Å²) in [5.74, 6) is 0. The molecule has 22 heavy (non-hydrogen) atoms. The molecule has 0 bridgehead atoms. The predicted molar refractivity (Wildman–Crippen MR) is 86.7 cm³/mol. The van der Waals surface area contributed by atoms with Crippen LogP contribution in [0, 0.1) is 0 Å². The average Bonchev–Trinajstić information content (AvgIpc) is 2.51. The number of benzene rings is 1. The van der Waals surface area contributed by atoms with Crippen LogP contribution in [0.2, 0.25) is 10.0 Å². The monoisotopic (exact) mass is 346 g/mol. The van der Waals surface area contributed by atoms with E-state index in [2.05, 4.69) is 10.6 Å². The maximum Gasteiger partial charge on any atom is 0.314 e. The molecule has 0 aromatic heterocycles. The van der Waals surface area contributed by atoms with Gasteiger partial charge in [-0.15, -0.1) is 0 Å². The van der Waals surface area contributed by atoms with E-state index in [9.17, 15) is 4.79 Å². The minimum atomic E-state index is -0.301. The number of hydrogen-bond acceptors (Lipinski definition) is 3. The van der Waals surface area contributed by atoms with Crippen LogP contribution in [0.1, 0.15) is 18.4 Å². The number of amides is 2. The van der Waals surface area contributed by atoms with Crippen LogP contribution in [0.25, 0.3) is 0 Å². The van der Waals surface area contributed by atoms with Crippen molar-refractivity contribution in [2.24, 2.45) is 0 Å². The van der Waals surface area contributed by atoms with Crippen molar-refractivity contribution in [2.75, 3.05) is 32.9 Å². The van der Waals surface area contributed by atoms with Crippen molar-refractivity contribution in [1.82, 2.24) is 10.6 Å². The lowest BCUT2D eigenvalue weighted by Crippen LogP contribution is -2.47. The van der Waals surface area contributed by atoms with Crippen molar-refractivity contribution < 1.29 is 14.6 Å². The van der Waals surface area contributed by atoms with Gasteiger partial charge in [0.05, 0.1) is 6.61 Å². The van der Waals surface area contributed by atoms with Gasteiger partial charge >= 0.3 is 6.03 Å². The molecule has 0 spiro atoms. The molecule has 0 atom stereocenters. The molecular weight excluding hydrogens is 327 g/mol. The number of ether oxygens (including phenoxy) is 1. The van der Waals surface area contributed by atoms with Crippen molar-refractivity contribution in [3.05, 3.63) is 33.8 Å². The second kappa shape index (κ2) is 8.02. The first kappa shape index (κ1) is 17.3. The van der Waals surface area contributed by atoms with Crippen molar-refractivity contribution in [3.63, 3.8) is 0 Å². The average molecular weight is 347 g/mol. The Hall–Kier alpha value is -1.01. The number of nitrogens with one attached hydrogen (secondary N) is 2. The SMILES string of the molecule is O=C(NCCO)NCC1(c2ccc(Cl)cc2Cl)CCOCC1. The van der Waals surface area contributed by atoms with Crippen molar-refractivity contribution in [1.29, 1.82) is 0 Å². The summed E-state index contributed by atoms with van der Waals surface area (Å²) < 4.78 is 5.45. The molecule has 122 valence electrons. The molecule has 1 fully saturated rings. The Balaban J connectivity index is 2.15. The van der Waals surface area contributed by atoms with E-state index in [1.807, 2.05) is 12.1 Å². The lowest BCUT2D eigenvalue weighted by atomic mass is 9.74. The molecule has 1 heterocycles. The van der Waals surface area contributed by atoms with Crippen LogP contribution in [0.5, 0.6) is 0 Å². The summed E-state index contributed by atoms with van der Waals surface area (Å²) >= 11 is 12.3. The molecule has 1 aromatic carbocycles. The molecule has 0 aliphatic carbocycles. The Bertz CT molecular complexity index is 520. The number of urea groups is 1. The van der Waals surface area contributed by atoms with E-state index in [0.717, 1.165) is 18.4 Å². The van der Waals surface area contributed by atoms with Gasteiger partial charge in [0.25, 0.3) is 0 Å². The highest BCUT2D eigenvalue weighted by molar-refractivity contribution is 6.35. The highest BCUT2D eigenvalue weighted by Gasteiger charge is 2.36. The molecule has 1 aliphatic rings. The molecule has 2 amide bonds. The van der Waals surface area contributed by atoms with Gasteiger partial charge in [-0.3, -0.25) is 0 Å². The van der Waals surface area contributed by atoms with Crippen LogP contribution in [0.3, 0.4) is 0 Å². The van der Waals surface area contributed by atoms with Gasteiger partial charge in [-0.05, 0) is 30.5 Å². The zero-order chi connectivity index (χ0) is 16.0. The van der Waals surface area contributed by atoms with Gasteiger partial charge in [-0.1, -0.05) is 29.3 Å². The molecule has 1 aromatic rings. The van der Waals surface area contributed by atoms with E-state index < -0.39 is 0 Å². The first-order chi connectivity index (χ1) is 10.6. The molecule has 3 N–H and O–H groups in total. The van der Waals surface area contributed by atoms with Crippen molar-refractivity contribution in [3.8, 4) is 0 Å². The quantitative estimate of drug-likeness (QED) is 0.766. The Kier molecular flexibility index (Phi) is 6.32. The van der Waals surface area contributed by atoms with Crippen molar-refractivity contribution in [2.45, 2.75) is 18.3 Å². The predicted octanol–water partition coefficient (Wildman–Crippen LogP) is 2.33. The van der Waals surface area contributed by atoms with Gasteiger partial charge in [-0.25, -0.2) is 4.79 Å². The summed E-state index contributed by atoms with van der Waals surface area (Å²) in [7, 11) is 0. The third kappa shape index (κ3) is 4.26. The highest BCUT2D eigenvalue weighted by Crippen LogP contribution is 2.39. The van der Waals surface area contributed by atoms with E-state index in [4.69, 9.17) is 33.0 Å². The van der Waals surface area contributed by atoms with Gasteiger partial charge in [0.15, 0.2) is 0 Å². The van der Waals surface area contributed by atoms with Gasteiger partial charge in [0.1, 0.15) is 0 Å². The van der Waals surface area contributed by atoms with E-state index in [1.54, 1.807) is 6.07 Å². The van der Waals surface area contributed by atoms with E-state index in [-0.39, 0.29) is 24.6 Å². The smallest absolute Gasteiger partial charge is 0.314 e. The summed E-state index contributed by atoms with van der Waals surface area (Å²) in [4.78, 5) is 11.7. The zero-order valence-electron chi connectivity index (χ0n) is 12.2. The summed E-state index contributed by atoms with van der Waals surface area (Å²) in [5, 5.41) is 15.4. The maximum absolute atomic E-state index is 11.7. The van der Waals surface area contributed by atoms with Crippen LogP contribution >= 0.6 is 23.2 Å². The molecule has 0 radical (unpaired) electrons. The van der Waals surface area contributed by atoms with Gasteiger partial charge < -0.3 is 20.5 Å². The Labute approximate surface area is 139 Å². The van der Waals surface area contributed by atoms with Crippen molar-refractivity contribution >= 4 is 29.2 Å². The van der Waals surface area contributed by atoms with E-state index in [0.29, 0.717) is 29.8 Å². The molecule has 7 heteroatoms. The van der Waals surface area contributed by atoms with Crippen LogP contribution in [-0.4, -0.2) is 44.0 Å². The summed E-state index contributed by atoms with van der Waals surface area (Å²) in [6.45, 7) is 1.84. The molecule has 1 saturated heterocycles. The van der Waals surface area contributed by atoms with Gasteiger partial charge in [0.2, 0.25) is 0 Å². The molecule has 2 rings (SSSR count). The maximum atomic E-state index is 11.7. The number of aliphatic hydroxyl groups excluding tert-OH is 1. The number of rotatable bonds is 5. The minimum absolute atomic E-state index is 0.0879. The number of carbonyl (C=O) groups excluding carboxylic acids is 1. The second-order valence-corrected chi connectivity index (χ2v) is 6.19. The third-order valence-corrected chi connectivity index (χ3v) is 4.48. The topological polar surface area (TPSA) is 70.6 Å². The molecule has 0 saturated carbocycles. The Morgan fingerprint density at radius 3 is 2.64 bits per heavy atom. The van der Waals surface area contributed by atoms with Gasteiger partial charge in [0, 0.05) is 41.8 Å². The number of hydrogen-bond donors (Lipinski definition) is 3. The molecular formula is C15H20Cl2N2O3. The Morgan fingerprint density at radius 2 is 2.00 bits per heavy atom. The van der Waals surface area contributed by atoms with Gasteiger partial charge in [-0.2, -0.15) is 0 Å². The molecule has 0 unspecified atom stereocenters. The third-order valence-electron chi connectivity index (χ3n) is 3.94. The molecule has 5 nitrogen and oxygen atoms in total. The first-order valence-corrected chi connectivity index (χ1v) is 7.99. The lowest BCUT2D eigenvalue weighted by molar-refractivity contribution is 0.0507. The number of halogens is 2. The second-order valence-electron chi connectivity index (χ2n) is 5.35. The van der Waals surface area contributed by atoms with Crippen LogP contribution < -0.4 is 10.6 Å². The highest BCUT2D eigenvalue weighted by atomic mass is 35.5. The summed E-state index contributed by atoms with van der Waals surface area (Å²) in [6.07, 6.45) is 1.54. The lowest BCUT2D eigenvalue weighted by Gasteiger charge is -2.38. The zero-order valence-corrected chi connectivity index (χ0v) is 13.7. The van der Waals surface area contributed by atoms with E-state index in [1.165, 1.54) is 0 Å². The fraction of sp³-hybridized carbons (Fsp3) is 0.533. The number of aliphatic hydroxyl groups is 1. The molecule has 1 aliphatic heterocycles. The normalized spacial score (nSPS) is 17.0. The standard InChI is InChI=1S/C15H20Cl2N2O3/c16-11-1-2-12(13(17)9-11)15(3-7-22-8-4-15)10-19-14(21)18-5-6-20/h1-2,9,20H,3-8,10H2,(H2,18,19,21). The van der Waals surface area contributed by atoms with Crippen LogP contribution in [-0.2, 0) is 10.2 Å². The Morgan fingerprint density at radius 1 is 1.27 bits per heavy atom. The summed E-state index contributed by atoms with van der Waals surface area (Å²) in [5.41, 5.74) is 0.709. The van der Waals surface area contributed by atoms with E-state index >= 15 is 0 Å². The summed E-state index contributed by atoms with van der Waals surface area (Å²) in [6, 6.07) is 5.15. The first-order valence-electron chi connectivity index (χ1n) is 7.23. The van der Waals surface area contributed by atoms with Crippen LogP contribution in [0.4, 0.5) is 4.79 Å². The van der Waals surface area contributed by atoms with Crippen LogP contribution in [0.15, 0.2) is 18.2 Å². The largest absolute Gasteiger partial charge is 0.395 e. The fourth-order valence-electron chi connectivity index (χ4n) is 2.70. The minimum Gasteiger partial charge on any atom is -0.395 e. The number of carbonyl (C=O) groups is 1.